The van der Waals surface area contributed by atoms with E-state index in [4.69, 9.17) is 0 Å². The summed E-state index contributed by atoms with van der Waals surface area (Å²) >= 11 is 0. The lowest BCUT2D eigenvalue weighted by atomic mass is 9.95. The Morgan fingerprint density at radius 2 is 2.00 bits per heavy atom. The topological polar surface area (TPSA) is 15.3 Å². The monoisotopic (exact) mass is 232 g/mol. The molecule has 1 unspecified atom stereocenters. The first-order chi connectivity index (χ1) is 8.15. The standard InChI is InChI=1S/C15H24N2/c1-12(2)10-17(3)11-15-8-13-6-4-5-7-14(13)9-16-15/h4-7,12,15-16H,8-11H2,1-3H3. The first-order valence-corrected chi connectivity index (χ1v) is 6.64. The van der Waals surface area contributed by atoms with E-state index in [2.05, 4.69) is 55.4 Å². The van der Waals surface area contributed by atoms with Gasteiger partial charge >= 0.3 is 0 Å². The van der Waals surface area contributed by atoms with Gasteiger partial charge in [-0.3, -0.25) is 0 Å². The van der Waals surface area contributed by atoms with Crippen molar-refractivity contribution >= 4 is 0 Å². The Hall–Kier alpha value is -0.860. The zero-order chi connectivity index (χ0) is 12.3. The summed E-state index contributed by atoms with van der Waals surface area (Å²) in [6.07, 6.45) is 1.17. The highest BCUT2D eigenvalue weighted by molar-refractivity contribution is 5.29. The zero-order valence-electron chi connectivity index (χ0n) is 11.2. The van der Waals surface area contributed by atoms with Gasteiger partial charge in [-0.25, -0.2) is 0 Å². The quantitative estimate of drug-likeness (QED) is 0.857. The van der Waals surface area contributed by atoms with Crippen LogP contribution in [0.5, 0.6) is 0 Å². The minimum atomic E-state index is 0.605. The predicted octanol–water partition coefficient (Wildman–Crippen LogP) is 2.29. The molecule has 1 aliphatic rings. The third kappa shape index (κ3) is 3.55. The summed E-state index contributed by atoms with van der Waals surface area (Å²) < 4.78 is 0. The third-order valence-corrected chi connectivity index (χ3v) is 3.37. The highest BCUT2D eigenvalue weighted by Gasteiger charge is 2.18. The summed E-state index contributed by atoms with van der Waals surface area (Å²) in [4.78, 5) is 2.44. The number of nitrogens with zero attached hydrogens (tertiary/aromatic N) is 1. The zero-order valence-corrected chi connectivity index (χ0v) is 11.2. The normalized spacial score (nSPS) is 19.7. The molecule has 0 amide bonds. The van der Waals surface area contributed by atoms with Gasteiger partial charge in [-0.1, -0.05) is 38.1 Å². The lowest BCUT2D eigenvalue weighted by molar-refractivity contribution is 0.255. The molecule has 0 saturated heterocycles. The number of likely N-dealkylation sites (N-methyl/N-ethyl adjacent to an activating group) is 1. The molecule has 0 spiro atoms. The van der Waals surface area contributed by atoms with Crippen LogP contribution in [0.15, 0.2) is 24.3 Å². The number of fused-ring (bicyclic) bond motifs is 1. The summed E-state index contributed by atoms with van der Waals surface area (Å²) in [6.45, 7) is 7.91. The first kappa shape index (κ1) is 12.6. The fourth-order valence-corrected chi connectivity index (χ4v) is 2.72. The van der Waals surface area contributed by atoms with E-state index in [1.54, 1.807) is 0 Å². The highest BCUT2D eigenvalue weighted by Crippen LogP contribution is 2.16. The minimum absolute atomic E-state index is 0.605. The van der Waals surface area contributed by atoms with E-state index in [0.717, 1.165) is 19.0 Å². The molecule has 1 aromatic rings. The average Bonchev–Trinajstić information content (AvgIpc) is 2.27. The van der Waals surface area contributed by atoms with Gasteiger partial charge in [-0.05, 0) is 30.5 Å². The molecule has 0 bridgehead atoms. The molecule has 2 heteroatoms. The van der Waals surface area contributed by atoms with Crippen LogP contribution in [-0.2, 0) is 13.0 Å². The van der Waals surface area contributed by atoms with Crippen LogP contribution in [0.2, 0.25) is 0 Å². The molecule has 0 fully saturated rings. The highest BCUT2D eigenvalue weighted by atomic mass is 15.1. The molecule has 1 N–H and O–H groups in total. The maximum atomic E-state index is 3.64. The molecule has 1 aliphatic heterocycles. The second-order valence-corrected chi connectivity index (χ2v) is 5.67. The van der Waals surface area contributed by atoms with Crippen molar-refractivity contribution in [2.45, 2.75) is 32.9 Å². The Kier molecular flexibility index (Phi) is 4.19. The number of nitrogens with one attached hydrogen (secondary N) is 1. The number of hydrogen-bond donors (Lipinski definition) is 1. The summed E-state index contributed by atoms with van der Waals surface area (Å²) in [5.74, 6) is 0.746. The molecule has 1 atom stereocenters. The molecule has 17 heavy (non-hydrogen) atoms. The van der Waals surface area contributed by atoms with E-state index < -0.39 is 0 Å². The van der Waals surface area contributed by atoms with E-state index in [9.17, 15) is 0 Å². The fourth-order valence-electron chi connectivity index (χ4n) is 2.72. The number of hydrogen-bond acceptors (Lipinski definition) is 2. The molecular formula is C15H24N2. The molecule has 1 aromatic carbocycles. The first-order valence-electron chi connectivity index (χ1n) is 6.64. The van der Waals surface area contributed by atoms with E-state index in [1.165, 1.54) is 24.1 Å². The maximum absolute atomic E-state index is 3.64. The number of rotatable bonds is 4. The summed E-state index contributed by atoms with van der Waals surface area (Å²) in [5.41, 5.74) is 2.99. The Morgan fingerprint density at radius 3 is 2.71 bits per heavy atom. The van der Waals surface area contributed by atoms with Crippen LogP contribution in [0.1, 0.15) is 25.0 Å². The van der Waals surface area contributed by atoms with Crippen LogP contribution < -0.4 is 5.32 Å². The van der Waals surface area contributed by atoms with Crippen molar-refractivity contribution in [2.24, 2.45) is 5.92 Å². The minimum Gasteiger partial charge on any atom is -0.308 e. The maximum Gasteiger partial charge on any atom is 0.0238 e. The third-order valence-electron chi connectivity index (χ3n) is 3.37. The van der Waals surface area contributed by atoms with E-state index in [0.29, 0.717) is 6.04 Å². The van der Waals surface area contributed by atoms with Crippen LogP contribution >= 0.6 is 0 Å². The molecular weight excluding hydrogens is 208 g/mol. The molecule has 0 saturated carbocycles. The lowest BCUT2D eigenvalue weighted by Gasteiger charge is -2.30. The van der Waals surface area contributed by atoms with E-state index in [-0.39, 0.29) is 0 Å². The van der Waals surface area contributed by atoms with Crippen molar-refractivity contribution < 1.29 is 0 Å². The van der Waals surface area contributed by atoms with Crippen molar-refractivity contribution in [1.82, 2.24) is 10.2 Å². The van der Waals surface area contributed by atoms with E-state index >= 15 is 0 Å². The lowest BCUT2D eigenvalue weighted by Crippen LogP contribution is -2.44. The Balaban J connectivity index is 1.90. The largest absolute Gasteiger partial charge is 0.308 e. The van der Waals surface area contributed by atoms with Gasteiger partial charge in [-0.2, -0.15) is 0 Å². The summed E-state index contributed by atoms with van der Waals surface area (Å²) in [5, 5.41) is 3.64. The van der Waals surface area contributed by atoms with Gasteiger partial charge in [0.15, 0.2) is 0 Å². The van der Waals surface area contributed by atoms with Crippen LogP contribution in [0, 0.1) is 5.92 Å². The van der Waals surface area contributed by atoms with Crippen LogP contribution in [0.3, 0.4) is 0 Å². The summed E-state index contributed by atoms with van der Waals surface area (Å²) in [7, 11) is 2.22. The van der Waals surface area contributed by atoms with Crippen molar-refractivity contribution in [3.05, 3.63) is 35.4 Å². The van der Waals surface area contributed by atoms with Gasteiger partial charge in [0.05, 0.1) is 0 Å². The molecule has 2 nitrogen and oxygen atoms in total. The second kappa shape index (κ2) is 5.65. The smallest absolute Gasteiger partial charge is 0.0238 e. The summed E-state index contributed by atoms with van der Waals surface area (Å²) in [6, 6.07) is 9.39. The van der Waals surface area contributed by atoms with Gasteiger partial charge < -0.3 is 10.2 Å². The van der Waals surface area contributed by atoms with Crippen molar-refractivity contribution in [3.8, 4) is 0 Å². The Bertz CT molecular complexity index is 360. The molecule has 0 aromatic heterocycles. The van der Waals surface area contributed by atoms with Gasteiger partial charge in [0.25, 0.3) is 0 Å². The van der Waals surface area contributed by atoms with Gasteiger partial charge in [-0.15, -0.1) is 0 Å². The predicted molar refractivity (Wildman–Crippen MR) is 73.1 cm³/mol. The van der Waals surface area contributed by atoms with Crippen molar-refractivity contribution in [3.63, 3.8) is 0 Å². The Morgan fingerprint density at radius 1 is 1.29 bits per heavy atom. The average molecular weight is 232 g/mol. The van der Waals surface area contributed by atoms with Crippen LogP contribution in [0.25, 0.3) is 0 Å². The van der Waals surface area contributed by atoms with Crippen molar-refractivity contribution in [2.75, 3.05) is 20.1 Å². The van der Waals surface area contributed by atoms with E-state index in [1.807, 2.05) is 0 Å². The van der Waals surface area contributed by atoms with Crippen molar-refractivity contribution in [1.29, 1.82) is 0 Å². The number of benzene rings is 1. The SMILES string of the molecule is CC(C)CN(C)CC1Cc2ccccc2CN1. The van der Waals surface area contributed by atoms with Gasteiger partial charge in [0, 0.05) is 25.7 Å². The fraction of sp³-hybridized carbons (Fsp3) is 0.600. The van der Waals surface area contributed by atoms with Crippen LogP contribution in [0.4, 0.5) is 0 Å². The molecule has 2 rings (SSSR count). The molecule has 1 heterocycles. The van der Waals surface area contributed by atoms with Gasteiger partial charge in [0.2, 0.25) is 0 Å². The second-order valence-electron chi connectivity index (χ2n) is 5.67. The van der Waals surface area contributed by atoms with Gasteiger partial charge in [0.1, 0.15) is 0 Å². The molecule has 0 radical (unpaired) electrons. The molecule has 94 valence electrons. The van der Waals surface area contributed by atoms with Crippen LogP contribution in [-0.4, -0.2) is 31.1 Å². The molecule has 0 aliphatic carbocycles. The Labute approximate surface area is 105 Å².